The van der Waals surface area contributed by atoms with Crippen molar-refractivity contribution < 1.29 is 13.9 Å². The summed E-state index contributed by atoms with van der Waals surface area (Å²) in [6.07, 6.45) is 1.09. The standard InChI is InChI=1S/C14H20FN3O2/c1-14(2,3)20-13(19)18-8-7-16-9-11(18)12-10(15)5-4-6-17-12/h4-6,11,16H,7-9H2,1-3H3. The summed E-state index contributed by atoms with van der Waals surface area (Å²) >= 11 is 0. The van der Waals surface area contributed by atoms with Gasteiger partial charge in [0.2, 0.25) is 0 Å². The minimum Gasteiger partial charge on any atom is -0.444 e. The largest absolute Gasteiger partial charge is 0.444 e. The highest BCUT2D eigenvalue weighted by molar-refractivity contribution is 5.69. The number of nitrogens with one attached hydrogen (secondary N) is 1. The molecule has 2 heterocycles. The summed E-state index contributed by atoms with van der Waals surface area (Å²) in [4.78, 5) is 17.8. The summed E-state index contributed by atoms with van der Waals surface area (Å²) in [7, 11) is 0. The minimum absolute atomic E-state index is 0.269. The van der Waals surface area contributed by atoms with Crippen LogP contribution in [-0.2, 0) is 4.74 Å². The van der Waals surface area contributed by atoms with Crippen molar-refractivity contribution in [2.75, 3.05) is 19.6 Å². The number of halogens is 1. The van der Waals surface area contributed by atoms with Gasteiger partial charge in [-0.1, -0.05) is 0 Å². The van der Waals surface area contributed by atoms with Gasteiger partial charge in [-0.05, 0) is 32.9 Å². The van der Waals surface area contributed by atoms with Crippen LogP contribution < -0.4 is 5.32 Å². The van der Waals surface area contributed by atoms with Crippen LogP contribution >= 0.6 is 0 Å². The van der Waals surface area contributed by atoms with E-state index in [1.165, 1.54) is 23.2 Å². The van der Waals surface area contributed by atoms with Gasteiger partial charge in [0.25, 0.3) is 0 Å². The van der Waals surface area contributed by atoms with Gasteiger partial charge < -0.3 is 10.1 Å². The molecular weight excluding hydrogens is 261 g/mol. The highest BCUT2D eigenvalue weighted by Gasteiger charge is 2.33. The fourth-order valence-corrected chi connectivity index (χ4v) is 2.13. The molecule has 1 aliphatic rings. The number of pyridine rings is 1. The molecule has 0 aliphatic carbocycles. The number of piperazine rings is 1. The molecule has 1 unspecified atom stereocenters. The zero-order valence-electron chi connectivity index (χ0n) is 12.0. The number of carbonyl (C=O) groups is 1. The molecule has 0 aromatic carbocycles. The third-order valence-electron chi connectivity index (χ3n) is 2.97. The maximum Gasteiger partial charge on any atom is 0.410 e. The SMILES string of the molecule is CC(C)(C)OC(=O)N1CCNCC1c1ncccc1F. The van der Waals surface area contributed by atoms with Crippen molar-refractivity contribution in [1.82, 2.24) is 15.2 Å². The summed E-state index contributed by atoms with van der Waals surface area (Å²) in [5.74, 6) is -0.408. The van der Waals surface area contributed by atoms with Gasteiger partial charge in [-0.2, -0.15) is 0 Å². The molecule has 0 saturated carbocycles. The predicted molar refractivity (Wildman–Crippen MR) is 72.7 cm³/mol. The Morgan fingerprint density at radius 3 is 2.95 bits per heavy atom. The normalized spacial score (nSPS) is 19.8. The third-order valence-corrected chi connectivity index (χ3v) is 2.97. The zero-order chi connectivity index (χ0) is 14.8. The van der Waals surface area contributed by atoms with Gasteiger partial charge in [0.1, 0.15) is 11.4 Å². The molecule has 0 spiro atoms. The van der Waals surface area contributed by atoms with E-state index in [2.05, 4.69) is 10.3 Å². The highest BCUT2D eigenvalue weighted by Crippen LogP contribution is 2.24. The van der Waals surface area contributed by atoms with E-state index >= 15 is 0 Å². The number of hydrogen-bond donors (Lipinski definition) is 1. The van der Waals surface area contributed by atoms with Gasteiger partial charge >= 0.3 is 6.09 Å². The second-order valence-corrected chi connectivity index (χ2v) is 5.76. The van der Waals surface area contributed by atoms with Crippen LogP contribution in [0.2, 0.25) is 0 Å². The molecule has 1 atom stereocenters. The summed E-state index contributed by atoms with van der Waals surface area (Å²) in [5, 5.41) is 3.15. The van der Waals surface area contributed by atoms with Gasteiger partial charge in [-0.3, -0.25) is 9.88 Å². The van der Waals surface area contributed by atoms with Crippen LogP contribution in [0.3, 0.4) is 0 Å². The second kappa shape index (κ2) is 5.75. The van der Waals surface area contributed by atoms with E-state index in [-0.39, 0.29) is 5.69 Å². The second-order valence-electron chi connectivity index (χ2n) is 5.76. The van der Waals surface area contributed by atoms with Crippen molar-refractivity contribution in [3.63, 3.8) is 0 Å². The molecule has 1 saturated heterocycles. The van der Waals surface area contributed by atoms with Crippen LogP contribution in [0.4, 0.5) is 9.18 Å². The monoisotopic (exact) mass is 281 g/mol. The van der Waals surface area contributed by atoms with E-state index in [9.17, 15) is 9.18 Å². The van der Waals surface area contributed by atoms with Crippen molar-refractivity contribution in [2.24, 2.45) is 0 Å². The zero-order valence-corrected chi connectivity index (χ0v) is 12.0. The fraction of sp³-hybridized carbons (Fsp3) is 0.571. The van der Waals surface area contributed by atoms with Gasteiger partial charge in [0.15, 0.2) is 0 Å². The summed E-state index contributed by atoms with van der Waals surface area (Å²) in [6, 6.07) is 2.44. The smallest absolute Gasteiger partial charge is 0.410 e. The lowest BCUT2D eigenvalue weighted by Crippen LogP contribution is -2.50. The highest BCUT2D eigenvalue weighted by atomic mass is 19.1. The number of hydrogen-bond acceptors (Lipinski definition) is 4. The molecule has 1 fully saturated rings. The first-order chi connectivity index (χ1) is 9.38. The van der Waals surface area contributed by atoms with Crippen LogP contribution in [0.1, 0.15) is 32.5 Å². The van der Waals surface area contributed by atoms with E-state index in [1.54, 1.807) is 0 Å². The average Bonchev–Trinajstić information content (AvgIpc) is 2.37. The molecule has 1 aromatic rings. The van der Waals surface area contributed by atoms with Crippen molar-refractivity contribution in [3.8, 4) is 0 Å². The molecule has 5 nitrogen and oxygen atoms in total. The quantitative estimate of drug-likeness (QED) is 0.856. The lowest BCUT2D eigenvalue weighted by Gasteiger charge is -2.36. The van der Waals surface area contributed by atoms with Crippen LogP contribution in [0.25, 0.3) is 0 Å². The van der Waals surface area contributed by atoms with Gasteiger partial charge in [-0.15, -0.1) is 0 Å². The molecule has 110 valence electrons. The molecule has 0 radical (unpaired) electrons. The molecular formula is C14H20FN3O2. The first-order valence-corrected chi connectivity index (χ1v) is 6.69. The lowest BCUT2D eigenvalue weighted by atomic mass is 10.1. The van der Waals surface area contributed by atoms with Gasteiger partial charge in [0.05, 0.1) is 11.7 Å². The predicted octanol–water partition coefficient (Wildman–Crippen LogP) is 2.10. The van der Waals surface area contributed by atoms with Crippen molar-refractivity contribution >= 4 is 6.09 Å². The molecule has 0 bridgehead atoms. The first kappa shape index (κ1) is 14.7. The van der Waals surface area contributed by atoms with Gasteiger partial charge in [0, 0.05) is 25.8 Å². The summed E-state index contributed by atoms with van der Waals surface area (Å²) < 4.78 is 19.3. The molecule has 6 heteroatoms. The average molecular weight is 281 g/mol. The maximum absolute atomic E-state index is 13.9. The third kappa shape index (κ3) is 3.45. The Balaban J connectivity index is 2.22. The topological polar surface area (TPSA) is 54.5 Å². The number of rotatable bonds is 1. The Bertz CT molecular complexity index is 488. The number of ether oxygens (including phenoxy) is 1. The lowest BCUT2D eigenvalue weighted by molar-refractivity contribution is 0.0109. The van der Waals surface area contributed by atoms with E-state index in [4.69, 9.17) is 4.74 Å². The molecule has 1 amide bonds. The minimum atomic E-state index is -0.574. The summed E-state index contributed by atoms with van der Waals surface area (Å²) in [6.45, 7) is 7.02. The van der Waals surface area contributed by atoms with Crippen molar-refractivity contribution in [2.45, 2.75) is 32.4 Å². The Morgan fingerprint density at radius 2 is 2.30 bits per heavy atom. The Kier molecular flexibility index (Phi) is 4.23. The van der Waals surface area contributed by atoms with E-state index in [0.29, 0.717) is 19.6 Å². The number of amides is 1. The van der Waals surface area contributed by atoms with Crippen molar-refractivity contribution in [3.05, 3.63) is 29.8 Å². The van der Waals surface area contributed by atoms with E-state index in [1.807, 2.05) is 20.8 Å². The van der Waals surface area contributed by atoms with Crippen molar-refractivity contribution in [1.29, 1.82) is 0 Å². The number of carbonyl (C=O) groups excluding carboxylic acids is 1. The summed E-state index contributed by atoms with van der Waals surface area (Å²) in [5.41, 5.74) is -0.305. The van der Waals surface area contributed by atoms with Crippen LogP contribution in [-0.4, -0.2) is 41.2 Å². The number of aromatic nitrogens is 1. The molecule has 1 aromatic heterocycles. The molecule has 1 N–H and O–H groups in total. The van der Waals surface area contributed by atoms with Gasteiger partial charge in [-0.25, -0.2) is 9.18 Å². The maximum atomic E-state index is 13.9. The Hall–Kier alpha value is -1.69. The van der Waals surface area contributed by atoms with Crippen LogP contribution in [0, 0.1) is 5.82 Å². The van der Waals surface area contributed by atoms with Crippen LogP contribution in [0.5, 0.6) is 0 Å². The van der Waals surface area contributed by atoms with E-state index < -0.39 is 23.6 Å². The van der Waals surface area contributed by atoms with Crippen LogP contribution in [0.15, 0.2) is 18.3 Å². The molecule has 2 rings (SSSR count). The first-order valence-electron chi connectivity index (χ1n) is 6.69. The molecule has 1 aliphatic heterocycles. The Labute approximate surface area is 118 Å². The van der Waals surface area contributed by atoms with E-state index in [0.717, 1.165) is 0 Å². The Morgan fingerprint density at radius 1 is 1.55 bits per heavy atom. The fourth-order valence-electron chi connectivity index (χ4n) is 2.13. The molecule has 20 heavy (non-hydrogen) atoms. The number of nitrogens with zero attached hydrogens (tertiary/aromatic N) is 2.